The summed E-state index contributed by atoms with van der Waals surface area (Å²) in [7, 11) is 0. The molecule has 1 aromatic rings. The Morgan fingerprint density at radius 2 is 1.75 bits per heavy atom. The molecule has 1 fully saturated rings. The van der Waals surface area contributed by atoms with E-state index in [-0.39, 0.29) is 17.5 Å². The van der Waals surface area contributed by atoms with Crippen molar-refractivity contribution in [3.8, 4) is 11.5 Å². The van der Waals surface area contributed by atoms with Gasteiger partial charge in [-0.3, -0.25) is 0 Å². The number of aromatic hydroxyl groups is 2. The molecule has 1 saturated carbocycles. The molecule has 0 spiro atoms. The second kappa shape index (κ2) is 4.34. The van der Waals surface area contributed by atoms with E-state index >= 15 is 0 Å². The van der Waals surface area contributed by atoms with E-state index in [4.69, 9.17) is 0 Å². The third kappa shape index (κ3) is 2.47. The molecule has 1 atom stereocenters. The zero-order valence-corrected chi connectivity index (χ0v) is 9.77. The minimum atomic E-state index is 0.116. The van der Waals surface area contributed by atoms with Gasteiger partial charge in [-0.2, -0.15) is 0 Å². The van der Waals surface area contributed by atoms with Gasteiger partial charge in [-0.25, -0.2) is 0 Å². The molecular weight excluding hydrogens is 202 g/mol. The van der Waals surface area contributed by atoms with Gasteiger partial charge in [0.05, 0.1) is 0 Å². The van der Waals surface area contributed by atoms with Gasteiger partial charge in [-0.05, 0) is 43.4 Å². The van der Waals surface area contributed by atoms with Crippen LogP contribution in [0.5, 0.6) is 11.5 Å². The summed E-state index contributed by atoms with van der Waals surface area (Å²) in [5.74, 6) is 1.05. The van der Waals surface area contributed by atoms with Gasteiger partial charge in [0.1, 0.15) is 11.5 Å². The van der Waals surface area contributed by atoms with Crippen LogP contribution in [0, 0.1) is 5.92 Å². The predicted molar refractivity (Wildman–Crippen MR) is 63.5 cm³/mol. The van der Waals surface area contributed by atoms with Crippen molar-refractivity contribution >= 4 is 0 Å². The maximum absolute atomic E-state index is 9.40. The topological polar surface area (TPSA) is 52.5 Å². The lowest BCUT2D eigenvalue weighted by Gasteiger charge is -2.35. The molecule has 0 aliphatic heterocycles. The van der Waals surface area contributed by atoms with Crippen LogP contribution in [0.3, 0.4) is 0 Å². The summed E-state index contributed by atoms with van der Waals surface area (Å²) in [4.78, 5) is 0. The Morgan fingerprint density at radius 1 is 1.19 bits per heavy atom. The van der Waals surface area contributed by atoms with Crippen LogP contribution in [0.15, 0.2) is 18.2 Å². The molecule has 1 aliphatic carbocycles. The standard InChI is InChI=1S/C13H19NO2/c1-8-3-11(4-8)14-9(2)10-5-12(15)7-13(16)6-10/h5-9,11,14-16H,3-4H2,1-2H3. The summed E-state index contributed by atoms with van der Waals surface area (Å²) in [6, 6.07) is 5.48. The number of phenols is 2. The van der Waals surface area contributed by atoms with Crippen molar-refractivity contribution in [1.82, 2.24) is 5.32 Å². The fourth-order valence-corrected chi connectivity index (χ4v) is 2.36. The molecule has 0 heterocycles. The van der Waals surface area contributed by atoms with Gasteiger partial charge in [0, 0.05) is 18.2 Å². The number of hydrogen-bond acceptors (Lipinski definition) is 3. The maximum atomic E-state index is 9.40. The molecule has 1 unspecified atom stereocenters. The smallest absolute Gasteiger partial charge is 0.119 e. The summed E-state index contributed by atoms with van der Waals surface area (Å²) in [6.45, 7) is 4.31. The molecule has 0 aromatic heterocycles. The second-order valence-corrected chi connectivity index (χ2v) is 4.94. The quantitative estimate of drug-likeness (QED) is 0.735. The molecule has 3 heteroatoms. The van der Waals surface area contributed by atoms with Crippen LogP contribution in [-0.2, 0) is 0 Å². The number of benzene rings is 1. The maximum Gasteiger partial charge on any atom is 0.119 e. The summed E-state index contributed by atoms with van der Waals surface area (Å²) in [6.07, 6.45) is 2.43. The van der Waals surface area contributed by atoms with Gasteiger partial charge in [0.25, 0.3) is 0 Å². The summed E-state index contributed by atoms with van der Waals surface area (Å²) >= 11 is 0. The van der Waals surface area contributed by atoms with Crippen molar-refractivity contribution in [3.63, 3.8) is 0 Å². The first kappa shape index (κ1) is 11.3. The number of hydrogen-bond donors (Lipinski definition) is 3. The average molecular weight is 221 g/mol. The van der Waals surface area contributed by atoms with Crippen LogP contribution >= 0.6 is 0 Å². The molecule has 88 valence electrons. The first-order valence-electron chi connectivity index (χ1n) is 5.83. The van der Waals surface area contributed by atoms with Crippen molar-refractivity contribution in [2.24, 2.45) is 5.92 Å². The van der Waals surface area contributed by atoms with E-state index in [9.17, 15) is 10.2 Å². The minimum Gasteiger partial charge on any atom is -0.508 e. The van der Waals surface area contributed by atoms with Crippen LogP contribution < -0.4 is 5.32 Å². The molecule has 1 aliphatic rings. The summed E-state index contributed by atoms with van der Waals surface area (Å²) in [5, 5.41) is 22.3. The lowest BCUT2D eigenvalue weighted by atomic mass is 9.81. The van der Waals surface area contributed by atoms with Crippen molar-refractivity contribution in [2.45, 2.75) is 38.8 Å². The Balaban J connectivity index is 2.00. The van der Waals surface area contributed by atoms with Gasteiger partial charge in [0.15, 0.2) is 0 Å². The highest BCUT2D eigenvalue weighted by Crippen LogP contribution is 2.30. The van der Waals surface area contributed by atoms with E-state index < -0.39 is 0 Å². The molecule has 0 bridgehead atoms. The molecule has 2 rings (SSSR count). The van der Waals surface area contributed by atoms with Crippen LogP contribution in [0.4, 0.5) is 0 Å². The van der Waals surface area contributed by atoms with Crippen LogP contribution in [0.2, 0.25) is 0 Å². The monoisotopic (exact) mass is 221 g/mol. The molecule has 0 saturated heterocycles. The largest absolute Gasteiger partial charge is 0.508 e. The number of rotatable bonds is 3. The Bertz CT molecular complexity index is 352. The van der Waals surface area contributed by atoms with E-state index in [2.05, 4.69) is 19.2 Å². The van der Waals surface area contributed by atoms with Crippen LogP contribution in [-0.4, -0.2) is 16.3 Å². The van der Waals surface area contributed by atoms with Gasteiger partial charge in [-0.15, -0.1) is 0 Å². The lowest BCUT2D eigenvalue weighted by molar-refractivity contribution is 0.226. The highest BCUT2D eigenvalue weighted by molar-refractivity contribution is 5.38. The van der Waals surface area contributed by atoms with E-state index in [1.54, 1.807) is 12.1 Å². The Morgan fingerprint density at radius 3 is 2.25 bits per heavy atom. The first-order chi connectivity index (χ1) is 7.54. The molecule has 0 amide bonds. The summed E-state index contributed by atoms with van der Waals surface area (Å²) < 4.78 is 0. The molecule has 1 aromatic carbocycles. The second-order valence-electron chi connectivity index (χ2n) is 4.94. The van der Waals surface area contributed by atoms with Gasteiger partial charge < -0.3 is 15.5 Å². The normalized spacial score (nSPS) is 26.1. The SMILES string of the molecule is CC1CC(NC(C)c2cc(O)cc(O)c2)C1. The predicted octanol–water partition coefficient (Wildman–Crippen LogP) is 2.55. The summed E-state index contributed by atoms with van der Waals surface area (Å²) in [5.41, 5.74) is 0.928. The Kier molecular flexibility index (Phi) is 3.06. The highest BCUT2D eigenvalue weighted by Gasteiger charge is 2.26. The molecule has 0 radical (unpaired) electrons. The van der Waals surface area contributed by atoms with E-state index in [1.807, 2.05) is 0 Å². The van der Waals surface area contributed by atoms with E-state index in [0.29, 0.717) is 6.04 Å². The van der Waals surface area contributed by atoms with Gasteiger partial charge >= 0.3 is 0 Å². The van der Waals surface area contributed by atoms with Crippen molar-refractivity contribution in [1.29, 1.82) is 0 Å². The fraction of sp³-hybridized carbons (Fsp3) is 0.538. The Labute approximate surface area is 96.1 Å². The average Bonchev–Trinajstić information content (AvgIpc) is 2.13. The number of nitrogens with one attached hydrogen (secondary N) is 1. The molecular formula is C13H19NO2. The van der Waals surface area contributed by atoms with Crippen molar-refractivity contribution in [2.75, 3.05) is 0 Å². The molecule has 3 nitrogen and oxygen atoms in total. The van der Waals surface area contributed by atoms with E-state index in [1.165, 1.54) is 18.9 Å². The first-order valence-corrected chi connectivity index (χ1v) is 5.83. The highest BCUT2D eigenvalue weighted by atomic mass is 16.3. The van der Waals surface area contributed by atoms with Crippen LogP contribution in [0.1, 0.15) is 38.3 Å². The fourth-order valence-electron chi connectivity index (χ4n) is 2.36. The number of phenolic OH excluding ortho intramolecular Hbond substituents is 2. The van der Waals surface area contributed by atoms with Crippen LogP contribution in [0.25, 0.3) is 0 Å². The van der Waals surface area contributed by atoms with Crippen molar-refractivity contribution in [3.05, 3.63) is 23.8 Å². The van der Waals surface area contributed by atoms with Gasteiger partial charge in [-0.1, -0.05) is 6.92 Å². The third-order valence-corrected chi connectivity index (χ3v) is 3.28. The molecule has 16 heavy (non-hydrogen) atoms. The van der Waals surface area contributed by atoms with E-state index in [0.717, 1.165) is 11.5 Å². The van der Waals surface area contributed by atoms with Gasteiger partial charge in [0.2, 0.25) is 0 Å². The Hall–Kier alpha value is -1.22. The zero-order chi connectivity index (χ0) is 11.7. The lowest BCUT2D eigenvalue weighted by Crippen LogP contribution is -2.41. The molecule has 3 N–H and O–H groups in total. The minimum absolute atomic E-state index is 0.116. The third-order valence-electron chi connectivity index (χ3n) is 3.28. The zero-order valence-electron chi connectivity index (χ0n) is 9.77. The van der Waals surface area contributed by atoms with Crippen molar-refractivity contribution < 1.29 is 10.2 Å².